The maximum absolute atomic E-state index is 14.1. The SMILES string of the molecule is COC(=O)c1cn(C(=O)c2ccc(N(Cc3ccccc3F)S(C)(=O)=O)cc2)c2ccccc12. The molecule has 0 radical (unpaired) electrons. The molecule has 174 valence electrons. The van der Waals surface area contributed by atoms with Crippen LogP contribution >= 0.6 is 0 Å². The van der Waals surface area contributed by atoms with Crippen LogP contribution in [0.4, 0.5) is 10.1 Å². The van der Waals surface area contributed by atoms with Gasteiger partial charge < -0.3 is 4.74 Å². The Kier molecular flexibility index (Phi) is 6.21. The molecule has 0 aliphatic heterocycles. The Hall–Kier alpha value is -3.98. The van der Waals surface area contributed by atoms with Crippen LogP contribution in [-0.2, 0) is 21.3 Å². The lowest BCUT2D eigenvalue weighted by Gasteiger charge is -2.23. The van der Waals surface area contributed by atoms with Gasteiger partial charge in [-0.25, -0.2) is 17.6 Å². The van der Waals surface area contributed by atoms with E-state index in [1.807, 2.05) is 0 Å². The maximum atomic E-state index is 14.1. The molecule has 0 fully saturated rings. The molecule has 4 aromatic rings. The molecule has 0 spiro atoms. The molecule has 0 unspecified atom stereocenters. The Labute approximate surface area is 196 Å². The lowest BCUT2D eigenvalue weighted by atomic mass is 10.1. The fourth-order valence-corrected chi connectivity index (χ4v) is 4.59. The van der Waals surface area contributed by atoms with Crippen LogP contribution in [0.2, 0.25) is 0 Å². The molecule has 0 aliphatic carbocycles. The summed E-state index contributed by atoms with van der Waals surface area (Å²) >= 11 is 0. The number of rotatable bonds is 6. The summed E-state index contributed by atoms with van der Waals surface area (Å²) in [5.41, 5.74) is 1.59. The Bertz CT molecular complexity index is 1490. The first kappa shape index (κ1) is 23.2. The lowest BCUT2D eigenvalue weighted by molar-refractivity contribution is 0.0603. The average Bonchev–Trinajstić information content (AvgIpc) is 3.22. The molecule has 0 saturated carbocycles. The van der Waals surface area contributed by atoms with E-state index in [-0.39, 0.29) is 28.9 Å². The standard InChI is InChI=1S/C25H21FN2O5S/c1-33-25(30)21-16-27(23-10-6-4-8-20(21)23)24(29)17-11-13-19(14-12-17)28(34(2,31)32)15-18-7-3-5-9-22(18)26/h3-14,16H,15H2,1-2H3. The third-order valence-corrected chi connectivity index (χ3v) is 6.55. The number of anilines is 1. The highest BCUT2D eigenvalue weighted by molar-refractivity contribution is 7.92. The number of ether oxygens (including phenoxy) is 1. The molecular weight excluding hydrogens is 459 g/mol. The molecule has 1 heterocycles. The smallest absolute Gasteiger partial charge is 0.340 e. The van der Waals surface area contributed by atoms with Crippen molar-refractivity contribution >= 4 is 38.5 Å². The van der Waals surface area contributed by atoms with Crippen molar-refractivity contribution in [2.45, 2.75) is 6.54 Å². The second kappa shape index (κ2) is 9.11. The monoisotopic (exact) mass is 480 g/mol. The van der Waals surface area contributed by atoms with E-state index in [0.717, 1.165) is 10.6 Å². The highest BCUT2D eigenvalue weighted by Crippen LogP contribution is 2.25. The summed E-state index contributed by atoms with van der Waals surface area (Å²) in [6.45, 7) is -0.191. The van der Waals surface area contributed by atoms with Gasteiger partial charge in [0.25, 0.3) is 5.91 Å². The second-order valence-electron chi connectivity index (χ2n) is 7.63. The summed E-state index contributed by atoms with van der Waals surface area (Å²) in [6.07, 6.45) is 2.46. The summed E-state index contributed by atoms with van der Waals surface area (Å²) in [6, 6.07) is 18.8. The largest absolute Gasteiger partial charge is 0.465 e. The zero-order valence-corrected chi connectivity index (χ0v) is 19.3. The Morgan fingerprint density at radius 2 is 1.62 bits per heavy atom. The van der Waals surface area contributed by atoms with Gasteiger partial charge in [0.15, 0.2) is 0 Å². The maximum Gasteiger partial charge on any atom is 0.340 e. The van der Waals surface area contributed by atoms with Crippen molar-refractivity contribution in [1.82, 2.24) is 4.57 Å². The number of hydrogen-bond acceptors (Lipinski definition) is 5. The molecule has 0 bridgehead atoms. The van der Waals surface area contributed by atoms with Crippen LogP contribution in [0.25, 0.3) is 10.9 Å². The van der Waals surface area contributed by atoms with Crippen molar-refractivity contribution < 1.29 is 27.1 Å². The van der Waals surface area contributed by atoms with E-state index in [0.29, 0.717) is 10.9 Å². The van der Waals surface area contributed by atoms with Crippen molar-refractivity contribution in [3.63, 3.8) is 0 Å². The zero-order chi connectivity index (χ0) is 24.5. The molecule has 0 aliphatic rings. The first-order valence-corrected chi connectivity index (χ1v) is 12.1. The molecule has 0 amide bonds. The van der Waals surface area contributed by atoms with Crippen molar-refractivity contribution in [2.24, 2.45) is 0 Å². The van der Waals surface area contributed by atoms with Crippen LogP contribution < -0.4 is 4.31 Å². The molecular formula is C25H21FN2O5S. The lowest BCUT2D eigenvalue weighted by Crippen LogP contribution is -2.29. The van der Waals surface area contributed by atoms with E-state index in [9.17, 15) is 22.4 Å². The number of esters is 1. The Balaban J connectivity index is 1.69. The summed E-state index contributed by atoms with van der Waals surface area (Å²) in [7, 11) is -2.46. The third kappa shape index (κ3) is 4.42. The normalized spacial score (nSPS) is 11.4. The number of methoxy groups -OCH3 is 1. The second-order valence-corrected chi connectivity index (χ2v) is 9.54. The van der Waals surface area contributed by atoms with E-state index >= 15 is 0 Å². The van der Waals surface area contributed by atoms with Crippen LogP contribution in [0.5, 0.6) is 0 Å². The van der Waals surface area contributed by atoms with Crippen molar-refractivity contribution in [2.75, 3.05) is 17.7 Å². The number of hydrogen-bond donors (Lipinski definition) is 0. The topological polar surface area (TPSA) is 85.7 Å². The number of para-hydroxylation sites is 1. The summed E-state index contributed by atoms with van der Waals surface area (Å²) < 4.78 is 46.2. The number of benzene rings is 3. The highest BCUT2D eigenvalue weighted by Gasteiger charge is 2.22. The fourth-order valence-electron chi connectivity index (χ4n) is 3.71. The van der Waals surface area contributed by atoms with Crippen LogP contribution in [0.15, 0.2) is 79.0 Å². The van der Waals surface area contributed by atoms with E-state index in [4.69, 9.17) is 4.74 Å². The quantitative estimate of drug-likeness (QED) is 0.386. The third-order valence-electron chi connectivity index (χ3n) is 5.41. The summed E-state index contributed by atoms with van der Waals surface area (Å²) in [5, 5.41) is 0.576. The Morgan fingerprint density at radius 1 is 0.971 bits per heavy atom. The number of halogens is 1. The molecule has 0 saturated heterocycles. The van der Waals surface area contributed by atoms with Crippen LogP contribution in [0.1, 0.15) is 26.3 Å². The molecule has 0 atom stereocenters. The van der Waals surface area contributed by atoms with Crippen LogP contribution in [0.3, 0.4) is 0 Å². The first-order chi connectivity index (χ1) is 16.2. The summed E-state index contributed by atoms with van der Waals surface area (Å²) in [4.78, 5) is 25.4. The van der Waals surface area contributed by atoms with E-state index in [1.54, 1.807) is 30.3 Å². The molecule has 1 aromatic heterocycles. The minimum atomic E-state index is -3.73. The van der Waals surface area contributed by atoms with E-state index in [1.165, 1.54) is 60.3 Å². The molecule has 3 aromatic carbocycles. The first-order valence-electron chi connectivity index (χ1n) is 10.2. The number of aromatic nitrogens is 1. The van der Waals surface area contributed by atoms with Gasteiger partial charge in [0.1, 0.15) is 5.82 Å². The van der Waals surface area contributed by atoms with Crippen LogP contribution in [0, 0.1) is 5.82 Å². The van der Waals surface area contributed by atoms with Gasteiger partial charge in [-0.05, 0) is 36.4 Å². The van der Waals surface area contributed by atoms with Gasteiger partial charge in [-0.2, -0.15) is 0 Å². The van der Waals surface area contributed by atoms with Gasteiger partial charge in [0.2, 0.25) is 10.0 Å². The molecule has 4 rings (SSSR count). The van der Waals surface area contributed by atoms with Crippen molar-refractivity contribution in [3.8, 4) is 0 Å². The van der Waals surface area contributed by atoms with Gasteiger partial charge in [0.05, 0.1) is 36.7 Å². The number of fused-ring (bicyclic) bond motifs is 1. The van der Waals surface area contributed by atoms with Crippen LogP contribution in [-0.4, -0.2) is 38.2 Å². The van der Waals surface area contributed by atoms with Gasteiger partial charge >= 0.3 is 5.97 Å². The molecule has 34 heavy (non-hydrogen) atoms. The van der Waals surface area contributed by atoms with E-state index in [2.05, 4.69) is 0 Å². The molecule has 0 N–H and O–H groups in total. The summed E-state index contributed by atoms with van der Waals surface area (Å²) in [5.74, 6) is -1.48. The van der Waals surface area contributed by atoms with Gasteiger partial charge in [-0.15, -0.1) is 0 Å². The Morgan fingerprint density at radius 3 is 2.26 bits per heavy atom. The van der Waals surface area contributed by atoms with Gasteiger partial charge in [0, 0.05) is 22.7 Å². The fraction of sp³-hybridized carbons (Fsp3) is 0.120. The predicted molar refractivity (Wildman–Crippen MR) is 127 cm³/mol. The molecule has 9 heteroatoms. The number of nitrogens with zero attached hydrogens (tertiary/aromatic N) is 2. The minimum Gasteiger partial charge on any atom is -0.465 e. The number of carbonyl (C=O) groups is 2. The van der Waals surface area contributed by atoms with Crippen molar-refractivity contribution in [1.29, 1.82) is 0 Å². The van der Waals surface area contributed by atoms with Gasteiger partial charge in [-0.3, -0.25) is 13.7 Å². The average molecular weight is 481 g/mol. The predicted octanol–water partition coefficient (Wildman–Crippen LogP) is 4.22. The number of carbonyl (C=O) groups excluding carboxylic acids is 2. The van der Waals surface area contributed by atoms with E-state index < -0.39 is 27.7 Å². The number of sulfonamides is 1. The van der Waals surface area contributed by atoms with Crippen molar-refractivity contribution in [3.05, 3.63) is 102 Å². The molecule has 7 nitrogen and oxygen atoms in total. The highest BCUT2D eigenvalue weighted by atomic mass is 32.2. The minimum absolute atomic E-state index is 0.191. The zero-order valence-electron chi connectivity index (χ0n) is 18.4. The van der Waals surface area contributed by atoms with Gasteiger partial charge in [-0.1, -0.05) is 36.4 Å².